The van der Waals surface area contributed by atoms with Gasteiger partial charge in [0.25, 0.3) is 5.91 Å². The van der Waals surface area contributed by atoms with Gasteiger partial charge in [0, 0.05) is 11.1 Å². The molecule has 1 heterocycles. The first-order valence-corrected chi connectivity index (χ1v) is 9.47. The molecule has 1 amide bonds. The van der Waals surface area contributed by atoms with Gasteiger partial charge in [0.15, 0.2) is 0 Å². The maximum absolute atomic E-state index is 12.3. The number of carbonyl (C=O) groups excluding carboxylic acids is 1. The summed E-state index contributed by atoms with van der Waals surface area (Å²) in [7, 11) is -3.62. The van der Waals surface area contributed by atoms with E-state index in [-0.39, 0.29) is 16.8 Å². The molecule has 0 radical (unpaired) electrons. The van der Waals surface area contributed by atoms with Gasteiger partial charge in [-0.15, -0.1) is 0 Å². The third-order valence-corrected chi connectivity index (χ3v) is 5.18. The standard InChI is InChI=1S/C18H24N2O4S/c1-12-6-11-16(24-12)13(2)19-17(21)14-7-9-15(10-8-14)25(22,23)20-18(3,4)5/h6-11,13,20H,1-5H3,(H,19,21). The molecular weight excluding hydrogens is 340 g/mol. The smallest absolute Gasteiger partial charge is 0.251 e. The van der Waals surface area contributed by atoms with E-state index in [1.165, 1.54) is 24.3 Å². The van der Waals surface area contributed by atoms with E-state index >= 15 is 0 Å². The van der Waals surface area contributed by atoms with Crippen molar-refractivity contribution in [2.24, 2.45) is 0 Å². The molecular formula is C18H24N2O4S. The molecule has 0 spiro atoms. The average molecular weight is 364 g/mol. The first kappa shape index (κ1) is 19.2. The van der Waals surface area contributed by atoms with Crippen molar-refractivity contribution in [3.63, 3.8) is 0 Å². The van der Waals surface area contributed by atoms with E-state index in [0.717, 1.165) is 5.76 Å². The predicted molar refractivity (Wildman–Crippen MR) is 95.8 cm³/mol. The zero-order valence-corrected chi connectivity index (χ0v) is 15.9. The summed E-state index contributed by atoms with van der Waals surface area (Å²) in [6, 6.07) is 9.19. The molecule has 2 aromatic rings. The molecule has 136 valence electrons. The molecule has 1 aromatic carbocycles. The van der Waals surface area contributed by atoms with E-state index < -0.39 is 15.6 Å². The van der Waals surface area contributed by atoms with Gasteiger partial charge in [-0.3, -0.25) is 4.79 Å². The third kappa shape index (κ3) is 5.17. The van der Waals surface area contributed by atoms with E-state index in [0.29, 0.717) is 11.3 Å². The zero-order chi connectivity index (χ0) is 18.8. The molecule has 1 unspecified atom stereocenters. The van der Waals surface area contributed by atoms with Gasteiger partial charge in [0.2, 0.25) is 10.0 Å². The number of carbonyl (C=O) groups is 1. The zero-order valence-electron chi connectivity index (χ0n) is 15.1. The van der Waals surface area contributed by atoms with Crippen LogP contribution in [0.2, 0.25) is 0 Å². The molecule has 0 aliphatic carbocycles. The molecule has 25 heavy (non-hydrogen) atoms. The Hall–Kier alpha value is -2.12. The fourth-order valence-corrected chi connectivity index (χ4v) is 3.70. The normalized spacial score (nSPS) is 13.5. The van der Waals surface area contributed by atoms with Crippen LogP contribution >= 0.6 is 0 Å². The third-order valence-electron chi connectivity index (χ3n) is 3.40. The van der Waals surface area contributed by atoms with Crippen molar-refractivity contribution in [1.82, 2.24) is 10.0 Å². The number of sulfonamides is 1. The highest BCUT2D eigenvalue weighted by Crippen LogP contribution is 2.17. The Morgan fingerprint density at radius 1 is 1.08 bits per heavy atom. The minimum atomic E-state index is -3.62. The summed E-state index contributed by atoms with van der Waals surface area (Å²) in [6.45, 7) is 8.96. The SMILES string of the molecule is Cc1ccc(C(C)NC(=O)c2ccc(S(=O)(=O)NC(C)(C)C)cc2)o1. The summed E-state index contributed by atoms with van der Waals surface area (Å²) in [5.41, 5.74) is -0.198. The van der Waals surface area contributed by atoms with Gasteiger partial charge in [0.05, 0.1) is 10.9 Å². The van der Waals surface area contributed by atoms with Crippen LogP contribution in [0.5, 0.6) is 0 Å². The Bertz CT molecular complexity index is 846. The minimum Gasteiger partial charge on any atom is -0.464 e. The second-order valence-corrected chi connectivity index (χ2v) is 8.71. The van der Waals surface area contributed by atoms with Crippen LogP contribution in [0.4, 0.5) is 0 Å². The van der Waals surface area contributed by atoms with Crippen molar-refractivity contribution in [3.05, 3.63) is 53.5 Å². The largest absolute Gasteiger partial charge is 0.464 e. The second kappa shape index (κ2) is 7.01. The summed E-state index contributed by atoms with van der Waals surface area (Å²) >= 11 is 0. The molecule has 0 saturated heterocycles. The minimum absolute atomic E-state index is 0.119. The first-order chi connectivity index (χ1) is 11.5. The molecule has 7 heteroatoms. The van der Waals surface area contributed by atoms with E-state index in [4.69, 9.17) is 4.42 Å². The van der Waals surface area contributed by atoms with Crippen molar-refractivity contribution in [3.8, 4) is 0 Å². The van der Waals surface area contributed by atoms with E-state index in [9.17, 15) is 13.2 Å². The molecule has 6 nitrogen and oxygen atoms in total. The van der Waals surface area contributed by atoms with Gasteiger partial charge in [-0.1, -0.05) is 0 Å². The predicted octanol–water partition coefficient (Wildman–Crippen LogP) is 3.16. The molecule has 0 aliphatic heterocycles. The van der Waals surface area contributed by atoms with Crippen molar-refractivity contribution in [2.45, 2.75) is 51.1 Å². The van der Waals surface area contributed by atoms with Gasteiger partial charge in [-0.05, 0) is 71.0 Å². The number of hydrogen-bond acceptors (Lipinski definition) is 4. The molecule has 1 aromatic heterocycles. The fraction of sp³-hybridized carbons (Fsp3) is 0.389. The summed E-state index contributed by atoms with van der Waals surface area (Å²) in [5, 5.41) is 2.82. The number of nitrogens with one attached hydrogen (secondary N) is 2. The van der Waals surface area contributed by atoms with Crippen molar-refractivity contribution < 1.29 is 17.6 Å². The lowest BCUT2D eigenvalue weighted by Crippen LogP contribution is -2.40. The van der Waals surface area contributed by atoms with E-state index in [1.807, 2.05) is 26.0 Å². The topological polar surface area (TPSA) is 88.4 Å². The van der Waals surface area contributed by atoms with Crippen LogP contribution in [0, 0.1) is 6.92 Å². The number of amides is 1. The second-order valence-electron chi connectivity index (χ2n) is 7.02. The Labute approximate surface area is 148 Å². The highest BCUT2D eigenvalue weighted by Gasteiger charge is 2.22. The van der Waals surface area contributed by atoms with Gasteiger partial charge in [-0.25, -0.2) is 13.1 Å². The Morgan fingerprint density at radius 2 is 1.68 bits per heavy atom. The van der Waals surface area contributed by atoms with Crippen LogP contribution in [-0.4, -0.2) is 19.9 Å². The summed E-state index contributed by atoms with van der Waals surface area (Å²) < 4.78 is 32.6. The van der Waals surface area contributed by atoms with Crippen LogP contribution in [0.25, 0.3) is 0 Å². The van der Waals surface area contributed by atoms with Crippen LogP contribution in [0.15, 0.2) is 45.7 Å². The first-order valence-electron chi connectivity index (χ1n) is 7.99. The molecule has 1 atom stereocenters. The Balaban J connectivity index is 2.10. The van der Waals surface area contributed by atoms with Gasteiger partial charge in [0.1, 0.15) is 11.5 Å². The van der Waals surface area contributed by atoms with Crippen LogP contribution in [-0.2, 0) is 10.0 Å². The number of hydrogen-bond donors (Lipinski definition) is 2. The number of benzene rings is 1. The number of rotatable bonds is 5. The molecule has 2 rings (SSSR count). The maximum atomic E-state index is 12.3. The number of furan rings is 1. The molecule has 0 fully saturated rings. The molecule has 0 aliphatic rings. The molecule has 0 bridgehead atoms. The fourth-order valence-electron chi connectivity index (χ4n) is 2.28. The summed E-state index contributed by atoms with van der Waals surface area (Å²) in [5.74, 6) is 1.14. The quantitative estimate of drug-likeness (QED) is 0.853. The summed E-state index contributed by atoms with van der Waals surface area (Å²) in [6.07, 6.45) is 0. The highest BCUT2D eigenvalue weighted by molar-refractivity contribution is 7.89. The monoisotopic (exact) mass is 364 g/mol. The maximum Gasteiger partial charge on any atom is 0.251 e. The Morgan fingerprint density at radius 3 is 2.16 bits per heavy atom. The van der Waals surface area contributed by atoms with Crippen LogP contribution < -0.4 is 10.0 Å². The van der Waals surface area contributed by atoms with Crippen molar-refractivity contribution >= 4 is 15.9 Å². The van der Waals surface area contributed by atoms with Crippen molar-refractivity contribution in [2.75, 3.05) is 0 Å². The van der Waals surface area contributed by atoms with Gasteiger partial charge >= 0.3 is 0 Å². The highest BCUT2D eigenvalue weighted by atomic mass is 32.2. The number of aryl methyl sites for hydroxylation is 1. The van der Waals surface area contributed by atoms with Crippen LogP contribution in [0.1, 0.15) is 55.6 Å². The van der Waals surface area contributed by atoms with Crippen LogP contribution in [0.3, 0.4) is 0 Å². The lowest BCUT2D eigenvalue weighted by Gasteiger charge is -2.20. The average Bonchev–Trinajstić information content (AvgIpc) is 2.91. The van der Waals surface area contributed by atoms with Gasteiger partial charge in [-0.2, -0.15) is 0 Å². The molecule has 2 N–H and O–H groups in total. The Kier molecular flexibility index (Phi) is 5.39. The summed E-state index contributed by atoms with van der Waals surface area (Å²) in [4.78, 5) is 12.4. The lowest BCUT2D eigenvalue weighted by molar-refractivity contribution is 0.0935. The van der Waals surface area contributed by atoms with Gasteiger partial charge < -0.3 is 9.73 Å². The van der Waals surface area contributed by atoms with Crippen molar-refractivity contribution in [1.29, 1.82) is 0 Å². The molecule has 0 saturated carbocycles. The van der Waals surface area contributed by atoms with E-state index in [2.05, 4.69) is 10.0 Å². The van der Waals surface area contributed by atoms with E-state index in [1.54, 1.807) is 20.8 Å². The lowest BCUT2D eigenvalue weighted by atomic mass is 10.1.